The monoisotopic (exact) mass is 513 g/mol. The molecule has 9 heteroatoms. The summed E-state index contributed by atoms with van der Waals surface area (Å²) in [5, 5.41) is 3.70. The fourth-order valence-corrected chi connectivity index (χ4v) is 5.16. The lowest BCUT2D eigenvalue weighted by Crippen LogP contribution is -2.47. The molecule has 0 saturated carbocycles. The number of aromatic amines is 1. The maximum atomic E-state index is 5.21. The number of rotatable bonds is 7. The van der Waals surface area contributed by atoms with Crippen LogP contribution in [-0.2, 0) is 4.74 Å². The lowest BCUT2D eigenvalue weighted by atomic mass is 10.1. The summed E-state index contributed by atoms with van der Waals surface area (Å²) in [4.78, 5) is 20.1. The number of halogens is 1. The molecule has 1 atom stereocenters. The molecule has 4 heterocycles. The van der Waals surface area contributed by atoms with Crippen LogP contribution >= 0.6 is 15.9 Å². The van der Waals surface area contributed by atoms with Crippen molar-refractivity contribution < 1.29 is 4.74 Å². The van der Waals surface area contributed by atoms with Gasteiger partial charge in [-0.15, -0.1) is 0 Å². The molecule has 176 valence electrons. The SMILES string of the molecule is COCCN1CCN(c2ccc(-c3nc4ncc(Br)c(NC5CCN(C)C5)c4[nH]3)cc2)CC1. The molecule has 0 amide bonds. The molecule has 2 fully saturated rings. The maximum absolute atomic E-state index is 5.21. The number of hydrogen-bond acceptors (Lipinski definition) is 7. The Kier molecular flexibility index (Phi) is 6.82. The number of benzene rings is 1. The van der Waals surface area contributed by atoms with Gasteiger partial charge in [0.05, 0.1) is 16.8 Å². The highest BCUT2D eigenvalue weighted by Crippen LogP contribution is 2.32. The van der Waals surface area contributed by atoms with E-state index in [-0.39, 0.29) is 0 Å². The Morgan fingerprint density at radius 3 is 2.64 bits per heavy atom. The smallest absolute Gasteiger partial charge is 0.180 e. The molecule has 1 aromatic carbocycles. The summed E-state index contributed by atoms with van der Waals surface area (Å²) in [5.74, 6) is 0.845. The number of hydrogen-bond donors (Lipinski definition) is 2. The number of imidazole rings is 1. The molecule has 5 rings (SSSR count). The topological polar surface area (TPSA) is 72.6 Å². The molecule has 0 bridgehead atoms. The van der Waals surface area contributed by atoms with Crippen LogP contribution < -0.4 is 10.2 Å². The summed E-state index contributed by atoms with van der Waals surface area (Å²) in [5.41, 5.74) is 5.05. The zero-order valence-electron chi connectivity index (χ0n) is 19.4. The van der Waals surface area contributed by atoms with Gasteiger partial charge in [0.15, 0.2) is 5.65 Å². The number of likely N-dealkylation sites (tertiary alicyclic amines) is 1. The van der Waals surface area contributed by atoms with Gasteiger partial charge in [-0.25, -0.2) is 9.97 Å². The Morgan fingerprint density at radius 2 is 1.94 bits per heavy atom. The van der Waals surface area contributed by atoms with Gasteiger partial charge in [-0.1, -0.05) is 0 Å². The molecule has 2 aliphatic rings. The number of nitrogens with zero attached hydrogens (tertiary/aromatic N) is 5. The maximum Gasteiger partial charge on any atom is 0.180 e. The summed E-state index contributed by atoms with van der Waals surface area (Å²) in [6.07, 6.45) is 2.97. The van der Waals surface area contributed by atoms with Crippen LogP contribution in [0.1, 0.15) is 6.42 Å². The Labute approximate surface area is 203 Å². The van der Waals surface area contributed by atoms with Gasteiger partial charge < -0.3 is 24.8 Å². The molecule has 2 saturated heterocycles. The normalized spacial score (nSPS) is 20.1. The zero-order valence-corrected chi connectivity index (χ0v) is 20.9. The van der Waals surface area contributed by atoms with Crippen LogP contribution in [0.4, 0.5) is 11.4 Å². The van der Waals surface area contributed by atoms with Crippen LogP contribution in [0.3, 0.4) is 0 Å². The zero-order chi connectivity index (χ0) is 22.8. The number of likely N-dealkylation sites (N-methyl/N-ethyl adjacent to an activating group) is 1. The van der Waals surface area contributed by atoms with Gasteiger partial charge in [0.25, 0.3) is 0 Å². The van der Waals surface area contributed by atoms with Crippen molar-refractivity contribution in [2.75, 3.05) is 76.8 Å². The number of ether oxygens (including phenoxy) is 1. The van der Waals surface area contributed by atoms with Gasteiger partial charge in [0, 0.05) is 69.9 Å². The van der Waals surface area contributed by atoms with Crippen LogP contribution in [0.15, 0.2) is 34.9 Å². The summed E-state index contributed by atoms with van der Waals surface area (Å²) >= 11 is 3.67. The van der Waals surface area contributed by atoms with Crippen molar-refractivity contribution in [1.29, 1.82) is 0 Å². The molecule has 1 unspecified atom stereocenters. The number of H-pyrrole nitrogens is 1. The van der Waals surface area contributed by atoms with Gasteiger partial charge in [0.2, 0.25) is 0 Å². The van der Waals surface area contributed by atoms with Gasteiger partial charge >= 0.3 is 0 Å². The number of anilines is 2. The van der Waals surface area contributed by atoms with Crippen molar-refractivity contribution in [2.45, 2.75) is 12.5 Å². The number of pyridine rings is 1. The summed E-state index contributed by atoms with van der Waals surface area (Å²) < 4.78 is 6.17. The molecule has 0 aliphatic carbocycles. The van der Waals surface area contributed by atoms with Crippen molar-refractivity contribution in [2.24, 2.45) is 0 Å². The molecule has 8 nitrogen and oxygen atoms in total. The van der Waals surface area contributed by atoms with E-state index in [1.165, 1.54) is 5.69 Å². The van der Waals surface area contributed by atoms with Crippen LogP contribution in [0.25, 0.3) is 22.6 Å². The number of methoxy groups -OCH3 is 1. The summed E-state index contributed by atoms with van der Waals surface area (Å²) in [7, 11) is 3.93. The third-order valence-electron chi connectivity index (χ3n) is 6.70. The number of nitrogens with one attached hydrogen (secondary N) is 2. The summed E-state index contributed by atoms with van der Waals surface area (Å²) in [6.45, 7) is 8.18. The van der Waals surface area contributed by atoms with Crippen LogP contribution in [0, 0.1) is 0 Å². The fraction of sp³-hybridized carbons (Fsp3) is 0.500. The van der Waals surface area contributed by atoms with Gasteiger partial charge in [0.1, 0.15) is 11.3 Å². The highest BCUT2D eigenvalue weighted by atomic mass is 79.9. The number of piperazine rings is 1. The van der Waals surface area contributed by atoms with Crippen LogP contribution in [0.5, 0.6) is 0 Å². The second kappa shape index (κ2) is 9.97. The molecule has 33 heavy (non-hydrogen) atoms. The quantitative estimate of drug-likeness (QED) is 0.502. The van der Waals surface area contributed by atoms with E-state index in [0.717, 1.165) is 91.6 Å². The Bertz CT molecular complexity index is 1080. The Morgan fingerprint density at radius 1 is 1.15 bits per heavy atom. The van der Waals surface area contributed by atoms with E-state index < -0.39 is 0 Å². The number of aromatic nitrogens is 3. The van der Waals surface area contributed by atoms with Crippen LogP contribution in [-0.4, -0.2) is 97.4 Å². The molecule has 3 aromatic rings. The van der Waals surface area contributed by atoms with E-state index in [1.807, 2.05) is 6.20 Å². The largest absolute Gasteiger partial charge is 0.383 e. The third kappa shape index (κ3) is 5.01. The minimum Gasteiger partial charge on any atom is -0.383 e. The highest BCUT2D eigenvalue weighted by molar-refractivity contribution is 9.10. The first kappa shape index (κ1) is 22.6. The van der Waals surface area contributed by atoms with Crippen molar-refractivity contribution >= 4 is 38.5 Å². The van der Waals surface area contributed by atoms with E-state index in [1.54, 1.807) is 7.11 Å². The first-order valence-electron chi connectivity index (χ1n) is 11.7. The van der Waals surface area contributed by atoms with Crippen molar-refractivity contribution in [3.63, 3.8) is 0 Å². The predicted octanol–water partition coefficient (Wildman–Crippen LogP) is 3.27. The average Bonchev–Trinajstić information content (AvgIpc) is 3.46. The number of fused-ring (bicyclic) bond motifs is 1. The molecule has 2 aliphatic heterocycles. The first-order chi connectivity index (χ1) is 16.1. The van der Waals surface area contributed by atoms with E-state index in [2.05, 4.69) is 77.2 Å². The molecular formula is C24H32BrN7O. The molecule has 0 radical (unpaired) electrons. The third-order valence-corrected chi connectivity index (χ3v) is 7.30. The van der Waals surface area contributed by atoms with E-state index in [4.69, 9.17) is 9.72 Å². The second-order valence-electron chi connectivity index (χ2n) is 9.03. The average molecular weight is 514 g/mol. The lowest BCUT2D eigenvalue weighted by Gasteiger charge is -2.36. The molecular weight excluding hydrogens is 482 g/mol. The lowest BCUT2D eigenvalue weighted by molar-refractivity contribution is 0.144. The molecule has 2 N–H and O–H groups in total. The minimum absolute atomic E-state index is 0.429. The van der Waals surface area contributed by atoms with Crippen molar-refractivity contribution in [3.8, 4) is 11.4 Å². The fourth-order valence-electron chi connectivity index (χ4n) is 4.75. The van der Waals surface area contributed by atoms with Gasteiger partial charge in [-0.3, -0.25) is 4.90 Å². The van der Waals surface area contributed by atoms with E-state index >= 15 is 0 Å². The van der Waals surface area contributed by atoms with E-state index in [9.17, 15) is 0 Å². The predicted molar refractivity (Wildman–Crippen MR) is 137 cm³/mol. The van der Waals surface area contributed by atoms with Crippen LogP contribution in [0.2, 0.25) is 0 Å². The first-order valence-corrected chi connectivity index (χ1v) is 12.5. The van der Waals surface area contributed by atoms with Crippen molar-refractivity contribution in [3.05, 3.63) is 34.9 Å². The summed E-state index contributed by atoms with van der Waals surface area (Å²) in [6, 6.07) is 9.13. The minimum atomic E-state index is 0.429. The van der Waals surface area contributed by atoms with E-state index in [0.29, 0.717) is 6.04 Å². The Balaban J connectivity index is 1.31. The second-order valence-corrected chi connectivity index (χ2v) is 9.88. The van der Waals surface area contributed by atoms with Gasteiger partial charge in [-0.05, 0) is 60.2 Å². The highest BCUT2D eigenvalue weighted by Gasteiger charge is 2.22. The Hall–Kier alpha value is -2.20. The molecule has 0 spiro atoms. The van der Waals surface area contributed by atoms with Crippen molar-refractivity contribution in [1.82, 2.24) is 24.8 Å². The van der Waals surface area contributed by atoms with Gasteiger partial charge in [-0.2, -0.15) is 0 Å². The standard InChI is InChI=1S/C24H32BrN7O/c1-30-8-7-18(16-30)27-21-20(25)15-26-24-22(21)28-23(29-24)17-3-5-19(6-4-17)32-11-9-31(10-12-32)13-14-33-2/h3-6,15,18H,7-14,16H2,1-2H3,(H2,26,27,28,29). The molecule has 2 aromatic heterocycles.